The van der Waals surface area contributed by atoms with Gasteiger partial charge in [-0.1, -0.05) is 36.2 Å². The number of benzene rings is 1. The smallest absolute Gasteiger partial charge is 0.315 e. The molecule has 0 aromatic heterocycles. The highest BCUT2D eigenvalue weighted by Gasteiger charge is 2.48. The SMILES string of the molecule is Cc1ccc(C(CN)(C(=O)O)C2CCC2)cc1. The number of carbonyl (C=O) groups is 1. The molecule has 1 aromatic rings. The fourth-order valence-corrected chi connectivity index (χ4v) is 2.66. The third-order valence-electron chi connectivity index (χ3n) is 4.07. The van der Waals surface area contributed by atoms with Gasteiger partial charge in [0.25, 0.3) is 0 Å². The summed E-state index contributed by atoms with van der Waals surface area (Å²) in [4.78, 5) is 11.7. The maximum Gasteiger partial charge on any atom is 0.315 e. The largest absolute Gasteiger partial charge is 0.481 e. The Balaban J connectivity index is 2.44. The van der Waals surface area contributed by atoms with Gasteiger partial charge in [-0.05, 0) is 31.2 Å². The number of carboxylic acid groups (broad SMARTS) is 1. The average Bonchev–Trinajstić information content (AvgIpc) is 2.24. The van der Waals surface area contributed by atoms with Gasteiger partial charge in [0.2, 0.25) is 0 Å². The van der Waals surface area contributed by atoms with Crippen LogP contribution in [0.4, 0.5) is 0 Å². The Kier molecular flexibility index (Phi) is 3.20. The van der Waals surface area contributed by atoms with E-state index in [-0.39, 0.29) is 12.5 Å². The van der Waals surface area contributed by atoms with E-state index >= 15 is 0 Å². The quantitative estimate of drug-likeness (QED) is 0.836. The highest BCUT2D eigenvalue weighted by atomic mass is 16.4. The molecular weight excluding hydrogens is 214 g/mol. The molecule has 1 fully saturated rings. The molecule has 0 saturated heterocycles. The molecule has 1 aliphatic rings. The molecule has 0 radical (unpaired) electrons. The summed E-state index contributed by atoms with van der Waals surface area (Å²) in [5, 5.41) is 9.60. The van der Waals surface area contributed by atoms with E-state index in [2.05, 4.69) is 0 Å². The van der Waals surface area contributed by atoms with Crippen molar-refractivity contribution >= 4 is 5.97 Å². The van der Waals surface area contributed by atoms with Crippen LogP contribution in [-0.2, 0) is 10.2 Å². The first kappa shape index (κ1) is 12.1. The molecule has 0 heterocycles. The molecule has 1 aliphatic carbocycles. The normalized spacial score (nSPS) is 19.4. The van der Waals surface area contributed by atoms with E-state index < -0.39 is 11.4 Å². The van der Waals surface area contributed by atoms with E-state index in [9.17, 15) is 9.90 Å². The molecule has 0 aliphatic heterocycles. The summed E-state index contributed by atoms with van der Waals surface area (Å²) in [6.07, 6.45) is 3.06. The van der Waals surface area contributed by atoms with Crippen molar-refractivity contribution in [3.63, 3.8) is 0 Å². The van der Waals surface area contributed by atoms with Crippen molar-refractivity contribution in [1.29, 1.82) is 0 Å². The minimum atomic E-state index is -0.883. The number of rotatable bonds is 4. The number of aliphatic carboxylic acids is 1. The van der Waals surface area contributed by atoms with Crippen LogP contribution in [0.1, 0.15) is 30.4 Å². The maximum atomic E-state index is 11.7. The molecule has 92 valence electrons. The van der Waals surface area contributed by atoms with Gasteiger partial charge in [0.05, 0.1) is 0 Å². The van der Waals surface area contributed by atoms with Gasteiger partial charge < -0.3 is 10.8 Å². The Morgan fingerprint density at radius 2 is 2.00 bits per heavy atom. The zero-order chi connectivity index (χ0) is 12.5. The maximum absolute atomic E-state index is 11.7. The molecule has 0 spiro atoms. The van der Waals surface area contributed by atoms with Crippen molar-refractivity contribution in [2.75, 3.05) is 6.54 Å². The van der Waals surface area contributed by atoms with Gasteiger partial charge in [0, 0.05) is 6.54 Å². The van der Waals surface area contributed by atoms with Crippen molar-refractivity contribution in [2.24, 2.45) is 11.7 Å². The third-order valence-corrected chi connectivity index (χ3v) is 4.07. The zero-order valence-electron chi connectivity index (χ0n) is 10.1. The molecule has 3 nitrogen and oxygen atoms in total. The van der Waals surface area contributed by atoms with Gasteiger partial charge in [-0.3, -0.25) is 4.79 Å². The predicted octanol–water partition coefficient (Wildman–Crippen LogP) is 2.08. The predicted molar refractivity (Wildman–Crippen MR) is 66.9 cm³/mol. The van der Waals surface area contributed by atoms with E-state index in [1.165, 1.54) is 0 Å². The lowest BCUT2D eigenvalue weighted by Gasteiger charge is -2.42. The van der Waals surface area contributed by atoms with Crippen LogP contribution >= 0.6 is 0 Å². The first-order valence-corrected chi connectivity index (χ1v) is 6.12. The van der Waals surface area contributed by atoms with Crippen LogP contribution in [0.25, 0.3) is 0 Å². The summed E-state index contributed by atoms with van der Waals surface area (Å²) in [6, 6.07) is 7.74. The molecule has 1 aromatic carbocycles. The van der Waals surface area contributed by atoms with Gasteiger partial charge in [0.15, 0.2) is 0 Å². The van der Waals surface area contributed by atoms with Gasteiger partial charge in [-0.15, -0.1) is 0 Å². The molecule has 3 heteroatoms. The molecular formula is C14H19NO2. The minimum absolute atomic E-state index is 0.177. The van der Waals surface area contributed by atoms with E-state index in [1.807, 2.05) is 31.2 Å². The molecule has 2 rings (SSSR count). The summed E-state index contributed by atoms with van der Waals surface area (Å²) in [6.45, 7) is 2.17. The van der Waals surface area contributed by atoms with Gasteiger partial charge in [-0.25, -0.2) is 0 Å². The molecule has 17 heavy (non-hydrogen) atoms. The van der Waals surface area contributed by atoms with Crippen molar-refractivity contribution in [3.8, 4) is 0 Å². The number of hydrogen-bond donors (Lipinski definition) is 2. The van der Waals surface area contributed by atoms with Gasteiger partial charge >= 0.3 is 5.97 Å². The molecule has 1 unspecified atom stereocenters. The van der Waals surface area contributed by atoms with Gasteiger partial charge in [-0.2, -0.15) is 0 Å². The summed E-state index contributed by atoms with van der Waals surface area (Å²) in [5.74, 6) is -0.596. The highest BCUT2D eigenvalue weighted by molar-refractivity contribution is 5.82. The summed E-state index contributed by atoms with van der Waals surface area (Å²) < 4.78 is 0. The molecule has 1 atom stereocenters. The molecule has 1 saturated carbocycles. The average molecular weight is 233 g/mol. The molecule has 3 N–H and O–H groups in total. The summed E-state index contributed by atoms with van der Waals surface area (Å²) >= 11 is 0. The first-order valence-electron chi connectivity index (χ1n) is 6.12. The van der Waals surface area contributed by atoms with Crippen molar-refractivity contribution in [2.45, 2.75) is 31.6 Å². The highest BCUT2D eigenvalue weighted by Crippen LogP contribution is 2.44. The second kappa shape index (κ2) is 4.49. The number of nitrogens with two attached hydrogens (primary N) is 1. The summed E-state index contributed by atoms with van der Waals surface area (Å²) in [5.41, 5.74) is 6.91. The molecule has 0 amide bonds. The number of aryl methyl sites for hydroxylation is 1. The van der Waals surface area contributed by atoms with Crippen LogP contribution in [0.5, 0.6) is 0 Å². The lowest BCUT2D eigenvalue weighted by molar-refractivity contribution is -0.147. The standard InChI is InChI=1S/C14H19NO2/c1-10-5-7-12(8-6-10)14(9-15,13(16)17)11-3-2-4-11/h5-8,11H,2-4,9,15H2,1H3,(H,16,17). The van der Waals surface area contributed by atoms with E-state index in [4.69, 9.17) is 5.73 Å². The Bertz CT molecular complexity index is 409. The van der Waals surface area contributed by atoms with Crippen LogP contribution < -0.4 is 5.73 Å². The van der Waals surface area contributed by atoms with Crippen molar-refractivity contribution in [3.05, 3.63) is 35.4 Å². The number of carboxylic acids is 1. The lowest BCUT2D eigenvalue weighted by atomic mass is 9.62. The molecule has 0 bridgehead atoms. The van der Waals surface area contributed by atoms with E-state index in [0.29, 0.717) is 0 Å². The van der Waals surface area contributed by atoms with E-state index in [0.717, 1.165) is 30.4 Å². The Morgan fingerprint density at radius 3 is 2.35 bits per heavy atom. The summed E-state index contributed by atoms with van der Waals surface area (Å²) in [7, 11) is 0. The fourth-order valence-electron chi connectivity index (χ4n) is 2.66. The second-order valence-electron chi connectivity index (χ2n) is 4.97. The minimum Gasteiger partial charge on any atom is -0.481 e. The van der Waals surface area contributed by atoms with Crippen molar-refractivity contribution < 1.29 is 9.90 Å². The van der Waals surface area contributed by atoms with Gasteiger partial charge in [0.1, 0.15) is 5.41 Å². The number of hydrogen-bond acceptors (Lipinski definition) is 2. The topological polar surface area (TPSA) is 63.3 Å². The Labute approximate surface area is 102 Å². The van der Waals surface area contributed by atoms with Crippen molar-refractivity contribution in [1.82, 2.24) is 0 Å². The third kappa shape index (κ3) is 1.84. The van der Waals surface area contributed by atoms with Crippen LogP contribution in [0.15, 0.2) is 24.3 Å². The van der Waals surface area contributed by atoms with Crippen LogP contribution in [0.2, 0.25) is 0 Å². The Hall–Kier alpha value is -1.35. The Morgan fingerprint density at radius 1 is 1.41 bits per heavy atom. The van der Waals surface area contributed by atoms with Crippen LogP contribution in [0, 0.1) is 12.8 Å². The zero-order valence-corrected chi connectivity index (χ0v) is 10.1. The lowest BCUT2D eigenvalue weighted by Crippen LogP contribution is -2.51. The van der Waals surface area contributed by atoms with Crippen LogP contribution in [0.3, 0.4) is 0 Å². The van der Waals surface area contributed by atoms with Crippen LogP contribution in [-0.4, -0.2) is 17.6 Å². The second-order valence-corrected chi connectivity index (χ2v) is 4.97. The van der Waals surface area contributed by atoms with E-state index in [1.54, 1.807) is 0 Å². The first-order chi connectivity index (χ1) is 8.11. The monoisotopic (exact) mass is 233 g/mol. The fraction of sp³-hybridized carbons (Fsp3) is 0.500.